The Morgan fingerprint density at radius 3 is 2.43 bits per heavy atom. The summed E-state index contributed by atoms with van der Waals surface area (Å²) in [4.78, 5) is 0. The zero-order chi connectivity index (χ0) is 14.2. The molecule has 2 N–H and O–H groups in total. The number of anilines is 1. The van der Waals surface area contributed by atoms with Crippen LogP contribution in [0.25, 0.3) is 11.1 Å². The third kappa shape index (κ3) is 2.02. The van der Waals surface area contributed by atoms with E-state index in [2.05, 4.69) is 66.7 Å². The first-order valence-electron chi connectivity index (χ1n) is 7.35. The Bertz CT molecular complexity index is 803. The molecule has 0 fully saturated rings. The highest BCUT2D eigenvalue weighted by molar-refractivity contribution is 5.84. The maximum atomic E-state index is 6.21. The Kier molecular flexibility index (Phi) is 2.78. The molecule has 3 aromatic carbocycles. The van der Waals surface area contributed by atoms with E-state index in [1.807, 2.05) is 0 Å². The molecule has 3 aromatic rings. The van der Waals surface area contributed by atoms with Crippen LogP contribution < -0.4 is 5.73 Å². The van der Waals surface area contributed by atoms with Gasteiger partial charge < -0.3 is 5.73 Å². The Labute approximate surface area is 125 Å². The predicted octanol–water partition coefficient (Wildman–Crippen LogP) is 4.43. The number of nitrogens with two attached hydrogens (primary N) is 1. The van der Waals surface area contributed by atoms with Crippen LogP contribution in [-0.4, -0.2) is 0 Å². The van der Waals surface area contributed by atoms with Crippen molar-refractivity contribution >= 4 is 5.69 Å². The van der Waals surface area contributed by atoms with E-state index < -0.39 is 0 Å². The molecule has 0 spiro atoms. The van der Waals surface area contributed by atoms with Gasteiger partial charge in [-0.1, -0.05) is 60.7 Å². The van der Waals surface area contributed by atoms with Gasteiger partial charge in [-0.25, -0.2) is 0 Å². The van der Waals surface area contributed by atoms with Gasteiger partial charge in [-0.2, -0.15) is 0 Å². The topological polar surface area (TPSA) is 26.0 Å². The van der Waals surface area contributed by atoms with Gasteiger partial charge in [-0.05, 0) is 45.9 Å². The zero-order valence-corrected chi connectivity index (χ0v) is 11.8. The van der Waals surface area contributed by atoms with E-state index in [0.29, 0.717) is 0 Å². The molecule has 0 heterocycles. The summed E-state index contributed by atoms with van der Waals surface area (Å²) in [6, 6.07) is 23.5. The number of fused-ring (bicyclic) bond motifs is 3. The molecular formula is C20H17N. The normalized spacial score (nSPS) is 12.0. The number of hydrogen-bond donors (Lipinski definition) is 1. The lowest BCUT2D eigenvalue weighted by atomic mass is 9.94. The number of hydrogen-bond acceptors (Lipinski definition) is 1. The molecule has 0 aliphatic heterocycles. The SMILES string of the molecule is Nc1ccc(Cc2ccccc2)c2c1Cc1ccccc1-2. The maximum absolute atomic E-state index is 6.21. The van der Waals surface area contributed by atoms with Crippen molar-refractivity contribution < 1.29 is 0 Å². The van der Waals surface area contributed by atoms with Gasteiger partial charge in [0, 0.05) is 12.1 Å². The Balaban J connectivity index is 1.87. The van der Waals surface area contributed by atoms with Crippen LogP contribution in [0.4, 0.5) is 5.69 Å². The molecular weight excluding hydrogens is 254 g/mol. The summed E-state index contributed by atoms with van der Waals surface area (Å²) < 4.78 is 0. The van der Waals surface area contributed by atoms with Crippen molar-refractivity contribution in [2.45, 2.75) is 12.8 Å². The largest absolute Gasteiger partial charge is 0.398 e. The van der Waals surface area contributed by atoms with E-state index in [4.69, 9.17) is 5.73 Å². The van der Waals surface area contributed by atoms with Crippen molar-refractivity contribution in [3.8, 4) is 11.1 Å². The predicted molar refractivity (Wildman–Crippen MR) is 88.3 cm³/mol. The first-order chi connectivity index (χ1) is 10.3. The summed E-state index contributed by atoms with van der Waals surface area (Å²) in [6.45, 7) is 0. The summed E-state index contributed by atoms with van der Waals surface area (Å²) in [5.41, 5.74) is 15.2. The molecule has 4 rings (SSSR count). The Morgan fingerprint density at radius 1 is 0.810 bits per heavy atom. The fourth-order valence-electron chi connectivity index (χ4n) is 3.31. The third-order valence-electron chi connectivity index (χ3n) is 4.33. The van der Waals surface area contributed by atoms with Gasteiger partial charge in [-0.3, -0.25) is 0 Å². The van der Waals surface area contributed by atoms with Crippen molar-refractivity contribution in [2.75, 3.05) is 5.73 Å². The standard InChI is InChI=1S/C20H17N/c21-19-11-10-16(12-14-6-2-1-3-7-14)20-17-9-5-4-8-15(17)13-18(19)20/h1-11H,12-13,21H2. The lowest BCUT2D eigenvalue weighted by molar-refractivity contribution is 1.18. The van der Waals surface area contributed by atoms with Gasteiger partial charge in [-0.15, -0.1) is 0 Å². The second-order valence-corrected chi connectivity index (χ2v) is 5.66. The molecule has 102 valence electrons. The molecule has 21 heavy (non-hydrogen) atoms. The smallest absolute Gasteiger partial charge is 0.0356 e. The highest BCUT2D eigenvalue weighted by Crippen LogP contribution is 2.42. The van der Waals surface area contributed by atoms with E-state index in [0.717, 1.165) is 18.5 Å². The first kappa shape index (κ1) is 12.2. The summed E-state index contributed by atoms with van der Waals surface area (Å²) in [5, 5.41) is 0. The first-order valence-corrected chi connectivity index (χ1v) is 7.35. The van der Waals surface area contributed by atoms with E-state index in [9.17, 15) is 0 Å². The molecule has 1 heteroatoms. The average Bonchev–Trinajstić information content (AvgIpc) is 2.92. The van der Waals surface area contributed by atoms with Crippen LogP contribution in [0.2, 0.25) is 0 Å². The molecule has 1 nitrogen and oxygen atoms in total. The molecule has 0 amide bonds. The second kappa shape index (κ2) is 4.78. The van der Waals surface area contributed by atoms with Gasteiger partial charge in [0.1, 0.15) is 0 Å². The van der Waals surface area contributed by atoms with E-state index in [1.54, 1.807) is 0 Å². The summed E-state index contributed by atoms with van der Waals surface area (Å²) in [6.07, 6.45) is 1.91. The average molecular weight is 271 g/mol. The van der Waals surface area contributed by atoms with E-state index in [1.165, 1.54) is 33.4 Å². The molecule has 0 aromatic heterocycles. The molecule has 1 aliphatic carbocycles. The molecule has 0 radical (unpaired) electrons. The summed E-state index contributed by atoms with van der Waals surface area (Å²) >= 11 is 0. The van der Waals surface area contributed by atoms with E-state index >= 15 is 0 Å². The highest BCUT2D eigenvalue weighted by atomic mass is 14.6. The van der Waals surface area contributed by atoms with Crippen LogP contribution in [-0.2, 0) is 12.8 Å². The van der Waals surface area contributed by atoms with Gasteiger partial charge in [0.2, 0.25) is 0 Å². The number of rotatable bonds is 2. The number of nitrogen functional groups attached to an aromatic ring is 1. The van der Waals surface area contributed by atoms with Crippen molar-refractivity contribution in [3.05, 3.63) is 89.0 Å². The lowest BCUT2D eigenvalue weighted by Gasteiger charge is -2.12. The van der Waals surface area contributed by atoms with Crippen LogP contribution in [0.1, 0.15) is 22.3 Å². The molecule has 1 aliphatic rings. The van der Waals surface area contributed by atoms with Crippen LogP contribution in [0, 0.1) is 0 Å². The fraction of sp³-hybridized carbons (Fsp3) is 0.100. The fourth-order valence-corrected chi connectivity index (χ4v) is 3.31. The van der Waals surface area contributed by atoms with Gasteiger partial charge in [0.25, 0.3) is 0 Å². The summed E-state index contributed by atoms with van der Waals surface area (Å²) in [5.74, 6) is 0. The highest BCUT2D eigenvalue weighted by Gasteiger charge is 2.22. The van der Waals surface area contributed by atoms with Crippen LogP contribution >= 0.6 is 0 Å². The molecule has 0 saturated heterocycles. The number of benzene rings is 3. The molecule has 0 unspecified atom stereocenters. The van der Waals surface area contributed by atoms with Gasteiger partial charge >= 0.3 is 0 Å². The zero-order valence-electron chi connectivity index (χ0n) is 11.8. The van der Waals surface area contributed by atoms with Crippen molar-refractivity contribution in [3.63, 3.8) is 0 Å². The van der Waals surface area contributed by atoms with E-state index in [-0.39, 0.29) is 0 Å². The second-order valence-electron chi connectivity index (χ2n) is 5.66. The van der Waals surface area contributed by atoms with Crippen LogP contribution in [0.15, 0.2) is 66.7 Å². The van der Waals surface area contributed by atoms with Gasteiger partial charge in [0.15, 0.2) is 0 Å². The van der Waals surface area contributed by atoms with Crippen LogP contribution in [0.5, 0.6) is 0 Å². The molecule has 0 saturated carbocycles. The minimum Gasteiger partial charge on any atom is -0.398 e. The van der Waals surface area contributed by atoms with Crippen molar-refractivity contribution in [1.29, 1.82) is 0 Å². The minimum absolute atomic E-state index is 0.915. The lowest BCUT2D eigenvalue weighted by Crippen LogP contribution is -1.97. The van der Waals surface area contributed by atoms with Gasteiger partial charge in [0.05, 0.1) is 0 Å². The minimum atomic E-state index is 0.915. The quantitative estimate of drug-likeness (QED) is 0.536. The Hall–Kier alpha value is -2.54. The Morgan fingerprint density at radius 2 is 1.57 bits per heavy atom. The monoisotopic (exact) mass is 271 g/mol. The van der Waals surface area contributed by atoms with Crippen molar-refractivity contribution in [1.82, 2.24) is 0 Å². The third-order valence-corrected chi connectivity index (χ3v) is 4.33. The maximum Gasteiger partial charge on any atom is 0.0356 e. The molecule has 0 bridgehead atoms. The van der Waals surface area contributed by atoms with Crippen molar-refractivity contribution in [2.24, 2.45) is 0 Å². The summed E-state index contributed by atoms with van der Waals surface area (Å²) in [7, 11) is 0. The van der Waals surface area contributed by atoms with Crippen LogP contribution in [0.3, 0.4) is 0 Å². The molecule has 0 atom stereocenters.